The molecule has 0 saturated heterocycles. The number of aromatic nitrogens is 1. The molecule has 0 unspecified atom stereocenters. The molecule has 1 aromatic heterocycles. The van der Waals surface area contributed by atoms with Crippen LogP contribution < -0.4 is 4.74 Å². The molecule has 5 heteroatoms. The molecule has 0 spiro atoms. The van der Waals surface area contributed by atoms with Crippen molar-refractivity contribution < 1.29 is 4.74 Å². The molecule has 0 N–H and O–H groups in total. The van der Waals surface area contributed by atoms with Gasteiger partial charge in [0.05, 0.1) is 23.0 Å². The lowest BCUT2D eigenvalue weighted by Crippen LogP contribution is -1.89. The van der Waals surface area contributed by atoms with Gasteiger partial charge < -0.3 is 4.74 Å². The molecule has 0 amide bonds. The van der Waals surface area contributed by atoms with Gasteiger partial charge in [-0.25, -0.2) is 4.98 Å². The molecule has 78 valence electrons. The van der Waals surface area contributed by atoms with Crippen molar-refractivity contribution in [2.24, 2.45) is 0 Å². The first-order valence-corrected chi connectivity index (χ1v) is 5.66. The van der Waals surface area contributed by atoms with Crippen LogP contribution in [0.1, 0.15) is 0 Å². The van der Waals surface area contributed by atoms with E-state index in [2.05, 4.69) is 20.9 Å². The zero-order valence-corrected chi connectivity index (χ0v) is 10.8. The van der Waals surface area contributed by atoms with Crippen molar-refractivity contribution in [3.8, 4) is 5.75 Å². The maximum Gasteiger partial charge on any atom is 0.131 e. The molecule has 0 bridgehead atoms. The number of nitrogens with zero attached hydrogens (tertiary/aromatic N) is 1. The summed E-state index contributed by atoms with van der Waals surface area (Å²) in [4.78, 5) is 4.20. The highest BCUT2D eigenvalue weighted by Gasteiger charge is 2.11. The summed E-state index contributed by atoms with van der Waals surface area (Å²) in [6.45, 7) is 0. The lowest BCUT2D eigenvalue weighted by atomic mass is 10.2. The summed E-state index contributed by atoms with van der Waals surface area (Å²) < 4.78 is 6.05. The van der Waals surface area contributed by atoms with Gasteiger partial charge in [0.2, 0.25) is 0 Å². The normalized spacial score (nSPS) is 10.7. The third kappa shape index (κ3) is 1.92. The molecule has 0 aliphatic rings. The average Bonchev–Trinajstić information content (AvgIpc) is 2.19. The van der Waals surface area contributed by atoms with Crippen LogP contribution in [-0.2, 0) is 0 Å². The van der Waals surface area contributed by atoms with Crippen LogP contribution in [0.4, 0.5) is 0 Å². The number of methoxy groups -OCH3 is 1. The van der Waals surface area contributed by atoms with Gasteiger partial charge in [-0.15, -0.1) is 0 Å². The Morgan fingerprint density at radius 2 is 2.07 bits per heavy atom. The number of pyridine rings is 1. The molecule has 15 heavy (non-hydrogen) atoms. The summed E-state index contributed by atoms with van der Waals surface area (Å²) in [5.74, 6) is 0.683. The summed E-state index contributed by atoms with van der Waals surface area (Å²) in [7, 11) is 1.59. The van der Waals surface area contributed by atoms with E-state index in [1.807, 2.05) is 12.1 Å². The molecule has 2 rings (SSSR count). The monoisotopic (exact) mass is 305 g/mol. The Bertz CT molecular complexity index is 530. The topological polar surface area (TPSA) is 22.1 Å². The van der Waals surface area contributed by atoms with E-state index < -0.39 is 0 Å². The SMILES string of the molecule is COc1ccc(Br)c2nc(Cl)cc(Cl)c12. The summed E-state index contributed by atoms with van der Waals surface area (Å²) in [5, 5.41) is 1.66. The van der Waals surface area contributed by atoms with Crippen molar-refractivity contribution in [3.63, 3.8) is 0 Å². The first-order valence-electron chi connectivity index (χ1n) is 4.11. The van der Waals surface area contributed by atoms with Crippen LogP contribution >= 0.6 is 39.1 Å². The first-order chi connectivity index (χ1) is 7.13. The Balaban J connectivity index is 2.93. The smallest absolute Gasteiger partial charge is 0.131 e. The van der Waals surface area contributed by atoms with E-state index in [0.717, 1.165) is 9.86 Å². The molecule has 0 fully saturated rings. The molecule has 0 atom stereocenters. The molecule has 1 aromatic carbocycles. The summed E-state index contributed by atoms with van der Waals surface area (Å²) in [5.41, 5.74) is 0.701. The van der Waals surface area contributed by atoms with Gasteiger partial charge in [-0.2, -0.15) is 0 Å². The fraction of sp³-hybridized carbons (Fsp3) is 0.100. The highest BCUT2D eigenvalue weighted by molar-refractivity contribution is 9.10. The Labute approximate surface area is 105 Å². The minimum atomic E-state index is 0.362. The van der Waals surface area contributed by atoms with Crippen molar-refractivity contribution in [3.05, 3.63) is 32.8 Å². The molecule has 1 heterocycles. The summed E-state index contributed by atoms with van der Waals surface area (Å²) in [6, 6.07) is 5.27. The summed E-state index contributed by atoms with van der Waals surface area (Å²) >= 11 is 15.3. The molecule has 2 nitrogen and oxygen atoms in total. The maximum absolute atomic E-state index is 6.09. The quantitative estimate of drug-likeness (QED) is 0.732. The number of rotatable bonds is 1. The van der Waals surface area contributed by atoms with Crippen molar-refractivity contribution in [2.75, 3.05) is 7.11 Å². The van der Waals surface area contributed by atoms with E-state index in [1.54, 1.807) is 13.2 Å². The molecular formula is C10H6BrCl2NO. The number of fused-ring (bicyclic) bond motifs is 1. The average molecular weight is 307 g/mol. The van der Waals surface area contributed by atoms with Crippen molar-refractivity contribution >= 4 is 50.0 Å². The first kappa shape index (κ1) is 11.0. The Kier molecular flexibility index (Phi) is 3.05. The third-order valence-electron chi connectivity index (χ3n) is 2.01. The number of halogens is 3. The second kappa shape index (κ2) is 4.16. The largest absolute Gasteiger partial charge is 0.496 e. The summed E-state index contributed by atoms with van der Waals surface area (Å²) in [6.07, 6.45) is 0. The highest BCUT2D eigenvalue weighted by atomic mass is 79.9. The van der Waals surface area contributed by atoms with Gasteiger partial charge in [0, 0.05) is 4.47 Å². The standard InChI is InChI=1S/C10H6BrCl2NO/c1-15-7-3-2-5(11)10-9(7)6(12)4-8(13)14-10/h2-4H,1H3. The van der Waals surface area contributed by atoms with Crippen molar-refractivity contribution in [1.29, 1.82) is 0 Å². The van der Waals surface area contributed by atoms with E-state index in [-0.39, 0.29) is 0 Å². The lowest BCUT2D eigenvalue weighted by Gasteiger charge is -2.08. The predicted molar refractivity (Wildman–Crippen MR) is 66.0 cm³/mol. The van der Waals surface area contributed by atoms with E-state index in [1.165, 1.54) is 0 Å². The van der Waals surface area contributed by atoms with E-state index in [0.29, 0.717) is 21.4 Å². The maximum atomic E-state index is 6.09. The predicted octanol–water partition coefficient (Wildman–Crippen LogP) is 4.31. The molecule has 0 aliphatic heterocycles. The minimum Gasteiger partial charge on any atom is -0.496 e. The van der Waals surface area contributed by atoms with Crippen LogP contribution in [0.3, 0.4) is 0 Å². The van der Waals surface area contributed by atoms with Gasteiger partial charge in [-0.1, -0.05) is 23.2 Å². The number of hydrogen-bond acceptors (Lipinski definition) is 2. The Morgan fingerprint density at radius 1 is 1.33 bits per heavy atom. The minimum absolute atomic E-state index is 0.362. The van der Waals surface area contributed by atoms with Crippen molar-refractivity contribution in [1.82, 2.24) is 4.98 Å². The van der Waals surface area contributed by atoms with Crippen LogP contribution in [0.15, 0.2) is 22.7 Å². The second-order valence-electron chi connectivity index (χ2n) is 2.90. The highest BCUT2D eigenvalue weighted by Crippen LogP contribution is 2.36. The molecular weight excluding hydrogens is 301 g/mol. The second-order valence-corrected chi connectivity index (χ2v) is 4.55. The van der Waals surface area contributed by atoms with Crippen LogP contribution in [0.25, 0.3) is 10.9 Å². The van der Waals surface area contributed by atoms with Crippen LogP contribution in [-0.4, -0.2) is 12.1 Å². The van der Waals surface area contributed by atoms with Gasteiger partial charge in [-0.05, 0) is 34.1 Å². The fourth-order valence-corrected chi connectivity index (χ4v) is 2.33. The van der Waals surface area contributed by atoms with Gasteiger partial charge in [0.15, 0.2) is 0 Å². The lowest BCUT2D eigenvalue weighted by molar-refractivity contribution is 0.419. The van der Waals surface area contributed by atoms with Crippen LogP contribution in [0.2, 0.25) is 10.2 Å². The Morgan fingerprint density at radius 3 is 2.73 bits per heavy atom. The third-order valence-corrected chi connectivity index (χ3v) is 3.15. The van der Waals surface area contributed by atoms with Crippen LogP contribution in [0, 0.1) is 0 Å². The fourth-order valence-electron chi connectivity index (χ4n) is 1.37. The van der Waals surface area contributed by atoms with Crippen molar-refractivity contribution in [2.45, 2.75) is 0 Å². The molecule has 0 radical (unpaired) electrons. The number of benzene rings is 1. The molecule has 2 aromatic rings. The number of ether oxygens (including phenoxy) is 1. The van der Waals surface area contributed by atoms with Crippen LogP contribution in [0.5, 0.6) is 5.75 Å². The zero-order valence-electron chi connectivity index (χ0n) is 7.72. The van der Waals surface area contributed by atoms with Gasteiger partial charge in [-0.3, -0.25) is 0 Å². The van der Waals surface area contributed by atoms with Gasteiger partial charge in [0.1, 0.15) is 10.9 Å². The number of hydrogen-bond donors (Lipinski definition) is 0. The van der Waals surface area contributed by atoms with Gasteiger partial charge >= 0.3 is 0 Å². The molecule has 0 saturated carbocycles. The van der Waals surface area contributed by atoms with E-state index in [9.17, 15) is 0 Å². The van der Waals surface area contributed by atoms with E-state index >= 15 is 0 Å². The van der Waals surface area contributed by atoms with Gasteiger partial charge in [0.25, 0.3) is 0 Å². The van der Waals surface area contributed by atoms with E-state index in [4.69, 9.17) is 27.9 Å². The Hall–Kier alpha value is -0.510. The zero-order chi connectivity index (χ0) is 11.0. The molecule has 0 aliphatic carbocycles.